The van der Waals surface area contributed by atoms with E-state index in [4.69, 9.17) is 4.74 Å². The van der Waals surface area contributed by atoms with E-state index < -0.39 is 0 Å². The van der Waals surface area contributed by atoms with E-state index in [0.29, 0.717) is 12.0 Å². The third-order valence-corrected chi connectivity index (χ3v) is 5.55. The highest BCUT2D eigenvalue weighted by molar-refractivity contribution is 5.39. The normalized spacial score (nSPS) is 36.5. The van der Waals surface area contributed by atoms with Crippen molar-refractivity contribution < 1.29 is 4.74 Å². The predicted molar refractivity (Wildman–Crippen MR) is 83.0 cm³/mol. The molecule has 1 aromatic rings. The summed E-state index contributed by atoms with van der Waals surface area (Å²) in [4.78, 5) is 0. The molecule has 0 radical (unpaired) electrons. The van der Waals surface area contributed by atoms with Gasteiger partial charge in [0, 0.05) is 18.0 Å². The molecule has 2 nitrogen and oxygen atoms in total. The largest absolute Gasteiger partial charge is 0.487 e. The van der Waals surface area contributed by atoms with Crippen LogP contribution in [0.25, 0.3) is 0 Å². The average molecular weight is 273 g/mol. The zero-order valence-electron chi connectivity index (χ0n) is 13.0. The lowest BCUT2D eigenvalue weighted by molar-refractivity contribution is -0.0644. The minimum atomic E-state index is 0.0405. The van der Waals surface area contributed by atoms with Gasteiger partial charge in [-0.15, -0.1) is 0 Å². The fraction of sp³-hybridized carbons (Fsp3) is 0.667. The van der Waals surface area contributed by atoms with Gasteiger partial charge in [0.2, 0.25) is 0 Å². The van der Waals surface area contributed by atoms with Crippen LogP contribution in [-0.2, 0) is 0 Å². The molecule has 1 N–H and O–H groups in total. The Morgan fingerprint density at radius 1 is 1.30 bits per heavy atom. The van der Waals surface area contributed by atoms with Crippen molar-refractivity contribution in [2.75, 3.05) is 6.54 Å². The number of para-hydroxylation sites is 1. The third-order valence-electron chi connectivity index (χ3n) is 5.55. The van der Waals surface area contributed by atoms with Crippen molar-refractivity contribution in [2.24, 2.45) is 11.8 Å². The summed E-state index contributed by atoms with van der Waals surface area (Å²) in [5, 5.41) is 3.67. The molecule has 1 aliphatic heterocycles. The summed E-state index contributed by atoms with van der Waals surface area (Å²) >= 11 is 0. The first-order valence-electron chi connectivity index (χ1n) is 8.17. The SMILES string of the molecule is CCNC1CC2(CCCC(C)C2C)Oc2ccccc21. The lowest BCUT2D eigenvalue weighted by Gasteiger charge is -2.50. The van der Waals surface area contributed by atoms with E-state index in [0.717, 1.165) is 24.6 Å². The van der Waals surface area contributed by atoms with Gasteiger partial charge >= 0.3 is 0 Å². The highest BCUT2D eigenvalue weighted by Crippen LogP contribution is 2.50. The molecular formula is C18H27NO. The second kappa shape index (κ2) is 5.40. The van der Waals surface area contributed by atoms with E-state index in [1.54, 1.807) is 0 Å². The monoisotopic (exact) mass is 273 g/mol. The Bertz CT molecular complexity index is 472. The van der Waals surface area contributed by atoms with E-state index in [2.05, 4.69) is 50.4 Å². The van der Waals surface area contributed by atoms with Gasteiger partial charge in [-0.3, -0.25) is 0 Å². The Balaban J connectivity index is 1.96. The van der Waals surface area contributed by atoms with Gasteiger partial charge in [0.15, 0.2) is 0 Å². The highest BCUT2D eigenvalue weighted by atomic mass is 16.5. The maximum atomic E-state index is 6.58. The molecule has 20 heavy (non-hydrogen) atoms. The van der Waals surface area contributed by atoms with E-state index in [9.17, 15) is 0 Å². The fourth-order valence-corrected chi connectivity index (χ4v) is 4.16. The van der Waals surface area contributed by atoms with Crippen molar-refractivity contribution in [1.82, 2.24) is 5.32 Å². The molecule has 0 bridgehead atoms. The molecule has 2 heteroatoms. The summed E-state index contributed by atoms with van der Waals surface area (Å²) < 4.78 is 6.58. The predicted octanol–water partition coefficient (Wildman–Crippen LogP) is 4.31. The number of ether oxygens (including phenoxy) is 1. The third kappa shape index (κ3) is 2.24. The molecule has 110 valence electrons. The van der Waals surface area contributed by atoms with Crippen LogP contribution in [-0.4, -0.2) is 12.1 Å². The fourth-order valence-electron chi connectivity index (χ4n) is 4.16. The number of nitrogens with one attached hydrogen (secondary N) is 1. The molecule has 1 saturated carbocycles. The molecule has 3 rings (SSSR count). The minimum Gasteiger partial charge on any atom is -0.487 e. The Morgan fingerprint density at radius 2 is 2.10 bits per heavy atom. The molecule has 1 fully saturated rings. The van der Waals surface area contributed by atoms with Crippen LogP contribution in [0.2, 0.25) is 0 Å². The molecule has 0 amide bonds. The first kappa shape index (κ1) is 13.9. The van der Waals surface area contributed by atoms with E-state index >= 15 is 0 Å². The quantitative estimate of drug-likeness (QED) is 0.866. The van der Waals surface area contributed by atoms with E-state index in [-0.39, 0.29) is 5.60 Å². The van der Waals surface area contributed by atoms with Crippen molar-refractivity contribution in [3.63, 3.8) is 0 Å². The Kier molecular flexibility index (Phi) is 3.76. The van der Waals surface area contributed by atoms with Crippen LogP contribution in [0.4, 0.5) is 0 Å². The number of hydrogen-bond donors (Lipinski definition) is 1. The summed E-state index contributed by atoms with van der Waals surface area (Å²) in [5.41, 5.74) is 1.38. The molecule has 1 heterocycles. The van der Waals surface area contributed by atoms with Crippen LogP contribution >= 0.6 is 0 Å². The summed E-state index contributed by atoms with van der Waals surface area (Å²) in [5.74, 6) is 2.49. The Morgan fingerprint density at radius 3 is 2.90 bits per heavy atom. The lowest BCUT2D eigenvalue weighted by Crippen LogP contribution is -2.52. The number of rotatable bonds is 2. The molecule has 1 aliphatic carbocycles. The van der Waals surface area contributed by atoms with E-state index in [1.165, 1.54) is 24.8 Å². The van der Waals surface area contributed by atoms with Crippen LogP contribution in [0.3, 0.4) is 0 Å². The Labute approximate surface area is 122 Å². The van der Waals surface area contributed by atoms with Crippen molar-refractivity contribution in [3.05, 3.63) is 29.8 Å². The van der Waals surface area contributed by atoms with Crippen LogP contribution in [0, 0.1) is 11.8 Å². The molecule has 1 aromatic carbocycles. The van der Waals surface area contributed by atoms with Gasteiger partial charge in [-0.2, -0.15) is 0 Å². The van der Waals surface area contributed by atoms with E-state index in [1.807, 2.05) is 0 Å². The lowest BCUT2D eigenvalue weighted by atomic mass is 9.66. The van der Waals surface area contributed by atoms with Crippen molar-refractivity contribution >= 4 is 0 Å². The van der Waals surface area contributed by atoms with Gasteiger partial charge in [-0.05, 0) is 37.3 Å². The van der Waals surface area contributed by atoms with Crippen LogP contribution in [0.5, 0.6) is 5.75 Å². The van der Waals surface area contributed by atoms with Crippen LogP contribution in [0.1, 0.15) is 58.1 Å². The van der Waals surface area contributed by atoms with Gasteiger partial charge in [0.25, 0.3) is 0 Å². The molecule has 1 spiro atoms. The molecule has 0 aromatic heterocycles. The Hall–Kier alpha value is -1.02. The first-order chi connectivity index (χ1) is 9.66. The van der Waals surface area contributed by atoms with Crippen LogP contribution in [0.15, 0.2) is 24.3 Å². The van der Waals surface area contributed by atoms with Crippen molar-refractivity contribution in [3.8, 4) is 5.75 Å². The molecule has 0 saturated heterocycles. The minimum absolute atomic E-state index is 0.0405. The molecule has 4 unspecified atom stereocenters. The molecular weight excluding hydrogens is 246 g/mol. The second-order valence-corrected chi connectivity index (χ2v) is 6.68. The second-order valence-electron chi connectivity index (χ2n) is 6.68. The zero-order valence-corrected chi connectivity index (χ0v) is 13.0. The number of fused-ring (bicyclic) bond motifs is 1. The van der Waals surface area contributed by atoms with Crippen molar-refractivity contribution in [1.29, 1.82) is 0 Å². The van der Waals surface area contributed by atoms with Crippen molar-refractivity contribution in [2.45, 2.75) is 58.1 Å². The summed E-state index contributed by atoms with van der Waals surface area (Å²) in [6, 6.07) is 9.02. The summed E-state index contributed by atoms with van der Waals surface area (Å²) in [6.07, 6.45) is 4.96. The molecule has 2 aliphatic rings. The standard InChI is InChI=1S/C18H27NO/c1-4-19-16-12-18(11-7-8-13(2)14(18)3)20-17-10-6-5-9-15(16)17/h5-6,9-10,13-14,16,19H,4,7-8,11-12H2,1-3H3. The highest BCUT2D eigenvalue weighted by Gasteiger charge is 2.48. The first-order valence-corrected chi connectivity index (χ1v) is 8.17. The van der Waals surface area contributed by atoms with Gasteiger partial charge in [0.05, 0.1) is 0 Å². The summed E-state index contributed by atoms with van der Waals surface area (Å²) in [7, 11) is 0. The van der Waals surface area contributed by atoms with Gasteiger partial charge < -0.3 is 10.1 Å². The van der Waals surface area contributed by atoms with Crippen LogP contribution < -0.4 is 10.1 Å². The average Bonchev–Trinajstić information content (AvgIpc) is 2.45. The number of hydrogen-bond acceptors (Lipinski definition) is 2. The van der Waals surface area contributed by atoms with Gasteiger partial charge in [-0.25, -0.2) is 0 Å². The zero-order chi connectivity index (χ0) is 14.2. The van der Waals surface area contributed by atoms with Gasteiger partial charge in [0.1, 0.15) is 11.4 Å². The van der Waals surface area contributed by atoms with Gasteiger partial charge in [-0.1, -0.05) is 45.4 Å². The summed E-state index contributed by atoms with van der Waals surface area (Å²) in [6.45, 7) is 7.98. The number of benzene rings is 1. The smallest absolute Gasteiger partial charge is 0.124 e. The maximum absolute atomic E-state index is 6.58. The topological polar surface area (TPSA) is 21.3 Å². The molecule has 4 atom stereocenters. The maximum Gasteiger partial charge on any atom is 0.124 e.